The molecule has 154 valence electrons. The van der Waals surface area contributed by atoms with Crippen LogP contribution in [0.1, 0.15) is 17.7 Å². The van der Waals surface area contributed by atoms with Gasteiger partial charge in [0.25, 0.3) is 0 Å². The lowest BCUT2D eigenvalue weighted by molar-refractivity contribution is 0.170. The summed E-state index contributed by atoms with van der Waals surface area (Å²) in [4.78, 5) is 8.88. The number of aliphatic hydroxyl groups is 1. The molecule has 3 heterocycles. The van der Waals surface area contributed by atoms with Gasteiger partial charge in [-0.05, 0) is 12.5 Å². The predicted molar refractivity (Wildman–Crippen MR) is 114 cm³/mol. The molecule has 1 atom stereocenters. The van der Waals surface area contributed by atoms with Gasteiger partial charge in [-0.1, -0.05) is 17.7 Å². The Morgan fingerprint density at radius 3 is 2.90 bits per heavy atom. The van der Waals surface area contributed by atoms with Gasteiger partial charge in [0, 0.05) is 49.9 Å². The Bertz CT molecular complexity index is 950. The molecule has 29 heavy (non-hydrogen) atoms. The Balaban J connectivity index is 1.79. The number of fused-ring (bicyclic) bond motifs is 1. The fourth-order valence-electron chi connectivity index (χ4n) is 3.47. The molecule has 4 N–H and O–H groups in total. The molecule has 0 bridgehead atoms. The minimum Gasteiger partial charge on any atom is -0.486 e. The topological polar surface area (TPSA) is 101 Å². The number of β-amino-alcohol motifs (C(OH)–C–C–N with tert-alkyl or cyclic N) is 1. The van der Waals surface area contributed by atoms with Gasteiger partial charge in [0.05, 0.1) is 16.8 Å². The van der Waals surface area contributed by atoms with Crippen molar-refractivity contribution in [1.29, 1.82) is 0 Å². The van der Waals surface area contributed by atoms with Crippen molar-refractivity contribution >= 4 is 34.6 Å². The number of halogens is 1. The van der Waals surface area contributed by atoms with Crippen LogP contribution >= 0.6 is 11.6 Å². The first-order valence-corrected chi connectivity index (χ1v) is 9.93. The second kappa shape index (κ2) is 8.44. The number of hydrogen-bond donors (Lipinski definition) is 4. The van der Waals surface area contributed by atoms with E-state index in [0.717, 1.165) is 16.8 Å². The van der Waals surface area contributed by atoms with Crippen LogP contribution in [0.2, 0.25) is 5.02 Å². The Kier molecular flexibility index (Phi) is 5.75. The van der Waals surface area contributed by atoms with Gasteiger partial charge in [-0.25, -0.2) is 4.98 Å². The second-order valence-corrected chi connectivity index (χ2v) is 7.35. The molecule has 9 heteroatoms. The van der Waals surface area contributed by atoms with E-state index in [2.05, 4.69) is 25.9 Å². The minimum absolute atomic E-state index is 0.426. The maximum absolute atomic E-state index is 10.2. The van der Waals surface area contributed by atoms with Crippen LogP contribution in [0.15, 0.2) is 18.2 Å². The molecule has 0 radical (unpaired) electrons. The molecule has 0 saturated heterocycles. The van der Waals surface area contributed by atoms with Crippen LogP contribution in [-0.4, -0.2) is 54.5 Å². The quantitative estimate of drug-likeness (QED) is 0.602. The normalized spacial score (nSPS) is 18.6. The monoisotopic (exact) mass is 417 g/mol. The predicted octanol–water partition coefficient (Wildman–Crippen LogP) is 2.73. The SMILES string of the molecule is CNc1cc(C)nc(Nc2cc3c(c(C4=CCNCC(O)C4)c2Cl)OCCO3)n1. The summed E-state index contributed by atoms with van der Waals surface area (Å²) in [5.74, 6) is 2.34. The molecule has 0 saturated carbocycles. The molecular weight excluding hydrogens is 394 g/mol. The maximum Gasteiger partial charge on any atom is 0.229 e. The summed E-state index contributed by atoms with van der Waals surface area (Å²) in [6, 6.07) is 3.66. The van der Waals surface area contributed by atoms with E-state index < -0.39 is 6.10 Å². The zero-order valence-electron chi connectivity index (χ0n) is 16.4. The van der Waals surface area contributed by atoms with Gasteiger partial charge in [0.2, 0.25) is 5.95 Å². The molecule has 1 aromatic heterocycles. The van der Waals surface area contributed by atoms with Gasteiger partial charge in [0.1, 0.15) is 19.0 Å². The first-order valence-electron chi connectivity index (χ1n) is 9.56. The number of nitrogens with zero attached hydrogens (tertiary/aromatic N) is 2. The number of rotatable bonds is 4. The van der Waals surface area contributed by atoms with Crippen molar-refractivity contribution in [1.82, 2.24) is 15.3 Å². The summed E-state index contributed by atoms with van der Waals surface area (Å²) in [5.41, 5.74) is 3.09. The van der Waals surface area contributed by atoms with Crippen LogP contribution in [0.5, 0.6) is 11.5 Å². The van der Waals surface area contributed by atoms with E-state index in [9.17, 15) is 5.11 Å². The summed E-state index contributed by atoms with van der Waals surface area (Å²) in [7, 11) is 1.80. The Hall–Kier alpha value is -2.55. The van der Waals surface area contributed by atoms with Gasteiger partial charge >= 0.3 is 0 Å². The summed E-state index contributed by atoms with van der Waals surface area (Å²) in [6.45, 7) is 3.97. The number of aliphatic hydroxyl groups excluding tert-OH is 1. The third-order valence-electron chi connectivity index (χ3n) is 4.78. The average molecular weight is 418 g/mol. The fourth-order valence-corrected chi connectivity index (χ4v) is 3.78. The zero-order valence-corrected chi connectivity index (χ0v) is 17.1. The fraction of sp³-hybridized carbons (Fsp3) is 0.400. The van der Waals surface area contributed by atoms with E-state index in [-0.39, 0.29) is 0 Å². The van der Waals surface area contributed by atoms with E-state index in [1.807, 2.05) is 19.1 Å². The Labute approximate surface area is 174 Å². The van der Waals surface area contributed by atoms with E-state index >= 15 is 0 Å². The van der Waals surface area contributed by atoms with Crippen LogP contribution in [0.3, 0.4) is 0 Å². The van der Waals surface area contributed by atoms with Crippen molar-refractivity contribution < 1.29 is 14.6 Å². The number of anilines is 3. The van der Waals surface area contributed by atoms with E-state index in [0.29, 0.717) is 66.7 Å². The number of hydrogen-bond acceptors (Lipinski definition) is 8. The van der Waals surface area contributed by atoms with Gasteiger partial charge in [-0.2, -0.15) is 4.98 Å². The van der Waals surface area contributed by atoms with Crippen molar-refractivity contribution in [3.05, 3.63) is 34.5 Å². The third kappa shape index (κ3) is 4.24. The van der Waals surface area contributed by atoms with Crippen LogP contribution in [0, 0.1) is 6.92 Å². The number of aromatic nitrogens is 2. The molecular formula is C20H24ClN5O3. The Morgan fingerprint density at radius 1 is 1.24 bits per heavy atom. The van der Waals surface area contributed by atoms with Gasteiger partial charge < -0.3 is 30.5 Å². The molecule has 2 aliphatic heterocycles. The summed E-state index contributed by atoms with van der Waals surface area (Å²) in [5, 5.41) is 20.1. The number of nitrogens with one attached hydrogen (secondary N) is 3. The van der Waals surface area contributed by atoms with Crippen LogP contribution in [0.4, 0.5) is 17.5 Å². The van der Waals surface area contributed by atoms with E-state index in [4.69, 9.17) is 21.1 Å². The lowest BCUT2D eigenvalue weighted by Gasteiger charge is -2.25. The highest BCUT2D eigenvalue weighted by Gasteiger charge is 2.26. The Morgan fingerprint density at radius 2 is 2.07 bits per heavy atom. The molecule has 0 aliphatic carbocycles. The number of aryl methyl sites for hydroxylation is 1. The molecule has 1 unspecified atom stereocenters. The van der Waals surface area contributed by atoms with Crippen molar-refractivity contribution in [3.8, 4) is 11.5 Å². The first-order chi connectivity index (χ1) is 14.0. The molecule has 8 nitrogen and oxygen atoms in total. The number of benzene rings is 1. The summed E-state index contributed by atoms with van der Waals surface area (Å²) in [6.07, 6.45) is 1.99. The van der Waals surface area contributed by atoms with Crippen LogP contribution in [-0.2, 0) is 0 Å². The highest BCUT2D eigenvalue weighted by molar-refractivity contribution is 6.35. The smallest absolute Gasteiger partial charge is 0.229 e. The molecule has 4 rings (SSSR count). The van der Waals surface area contributed by atoms with Crippen LogP contribution < -0.4 is 25.4 Å². The van der Waals surface area contributed by atoms with Gasteiger partial charge in [-0.3, -0.25) is 0 Å². The van der Waals surface area contributed by atoms with Gasteiger partial charge in [0.15, 0.2) is 11.5 Å². The van der Waals surface area contributed by atoms with Crippen molar-refractivity contribution in [2.75, 3.05) is 44.0 Å². The van der Waals surface area contributed by atoms with E-state index in [1.165, 1.54) is 0 Å². The maximum atomic E-state index is 10.2. The molecule has 0 amide bonds. The lowest BCUT2D eigenvalue weighted by atomic mass is 9.97. The molecule has 1 aromatic carbocycles. The van der Waals surface area contributed by atoms with Crippen LogP contribution in [0.25, 0.3) is 5.57 Å². The van der Waals surface area contributed by atoms with Gasteiger partial charge in [-0.15, -0.1) is 0 Å². The van der Waals surface area contributed by atoms with Crippen molar-refractivity contribution in [2.24, 2.45) is 0 Å². The summed E-state index contributed by atoms with van der Waals surface area (Å²) >= 11 is 6.83. The highest BCUT2D eigenvalue weighted by atomic mass is 35.5. The van der Waals surface area contributed by atoms with E-state index in [1.54, 1.807) is 13.1 Å². The molecule has 0 spiro atoms. The number of ether oxygens (including phenoxy) is 2. The third-order valence-corrected chi connectivity index (χ3v) is 5.17. The highest BCUT2D eigenvalue weighted by Crippen LogP contribution is 2.47. The minimum atomic E-state index is -0.505. The average Bonchev–Trinajstić information content (AvgIpc) is 2.92. The molecule has 0 fully saturated rings. The standard InChI is InChI=1S/C20H24ClN5O3/c1-11-7-16(22-2)26-20(24-11)25-14-9-15-19(29-6-5-28-15)17(18(14)21)12-3-4-23-10-13(27)8-12/h3,7,9,13,23,27H,4-6,8,10H2,1-2H3,(H2,22,24,25,26). The second-order valence-electron chi connectivity index (χ2n) is 6.98. The van der Waals surface area contributed by atoms with Crippen molar-refractivity contribution in [2.45, 2.75) is 19.4 Å². The van der Waals surface area contributed by atoms with Crippen molar-refractivity contribution in [3.63, 3.8) is 0 Å². The largest absolute Gasteiger partial charge is 0.486 e. The first kappa shape index (κ1) is 19.8. The summed E-state index contributed by atoms with van der Waals surface area (Å²) < 4.78 is 11.7. The molecule has 2 aliphatic rings. The zero-order chi connectivity index (χ0) is 20.4. The molecule has 2 aromatic rings. The lowest BCUT2D eigenvalue weighted by Crippen LogP contribution is -2.24.